The van der Waals surface area contributed by atoms with Crippen molar-refractivity contribution in [1.82, 2.24) is 0 Å². The molecule has 0 radical (unpaired) electrons. The van der Waals surface area contributed by atoms with Crippen molar-refractivity contribution in [3.63, 3.8) is 0 Å². The Kier molecular flexibility index (Phi) is 9.42. The molecule has 4 saturated carbocycles. The number of unbranched alkanes of at least 4 members (excludes halogenated alkanes) is 1. The van der Waals surface area contributed by atoms with Crippen LogP contribution in [-0.2, 0) is 19.0 Å². The van der Waals surface area contributed by atoms with Crippen molar-refractivity contribution in [3.8, 4) is 0 Å². The number of fused-ring (bicyclic) bond motifs is 5. The zero-order chi connectivity index (χ0) is 26.8. The zero-order valence-corrected chi connectivity index (χ0v) is 24.1. The van der Waals surface area contributed by atoms with E-state index in [9.17, 15) is 14.7 Å². The standard InChI is InChI=1S/C30H49ClO6/c1-5-6-15-35-27(33)12-7-19(2)23-10-11-24-22-9-8-20-16-21(37-28(34)36-18-31)13-14-29(20,3)25(22)17-26(32)30(23,24)4/h19-26,32H,5-18H2,1-4H3/t19-,20-,21-,22?,23?,24?,25?,26+,29+,30-/m1/s1. The molecule has 4 aliphatic carbocycles. The van der Waals surface area contributed by atoms with Gasteiger partial charge >= 0.3 is 12.1 Å². The second kappa shape index (κ2) is 12.0. The first-order valence-corrected chi connectivity index (χ1v) is 15.4. The first-order chi connectivity index (χ1) is 17.6. The molecule has 0 aliphatic heterocycles. The lowest BCUT2D eigenvalue weighted by Crippen LogP contribution is -2.59. The number of halogens is 1. The van der Waals surface area contributed by atoms with Gasteiger partial charge in [0, 0.05) is 6.42 Å². The van der Waals surface area contributed by atoms with E-state index in [1.165, 1.54) is 12.8 Å². The minimum atomic E-state index is -0.665. The van der Waals surface area contributed by atoms with Crippen LogP contribution in [0.15, 0.2) is 0 Å². The second-order valence-electron chi connectivity index (χ2n) is 13.1. The van der Waals surface area contributed by atoms with Crippen molar-refractivity contribution in [2.45, 2.75) is 117 Å². The average molecular weight is 541 g/mol. The molecule has 37 heavy (non-hydrogen) atoms. The van der Waals surface area contributed by atoms with Gasteiger partial charge in [-0.3, -0.25) is 4.79 Å². The number of carbonyl (C=O) groups is 2. The second-order valence-corrected chi connectivity index (χ2v) is 13.3. The molecule has 212 valence electrons. The number of alkyl halides is 1. The summed E-state index contributed by atoms with van der Waals surface area (Å²) in [6, 6.07) is -0.183. The normalized spacial score (nSPS) is 41.6. The fourth-order valence-electron chi connectivity index (χ4n) is 9.41. The number of rotatable bonds is 9. The van der Waals surface area contributed by atoms with Gasteiger partial charge in [0.25, 0.3) is 0 Å². The van der Waals surface area contributed by atoms with Crippen LogP contribution in [0.25, 0.3) is 0 Å². The largest absolute Gasteiger partial charge is 0.509 e. The SMILES string of the molecule is CCCCOC(=O)CC[C@@H](C)C1CCC2C3CC[C@@H]4C[C@H](OC(=O)OCCl)CC[C@]4(C)C3C[C@H](O)[C@@]21C. The molecule has 6 nitrogen and oxygen atoms in total. The third kappa shape index (κ3) is 5.66. The molecule has 0 bridgehead atoms. The Balaban J connectivity index is 1.40. The average Bonchev–Trinajstić information content (AvgIpc) is 3.22. The summed E-state index contributed by atoms with van der Waals surface area (Å²) in [6.07, 6.45) is 10.5. The van der Waals surface area contributed by atoms with Gasteiger partial charge in [0.2, 0.25) is 0 Å². The molecule has 1 N–H and O–H groups in total. The van der Waals surface area contributed by atoms with Crippen LogP contribution in [0.1, 0.15) is 105 Å². The van der Waals surface area contributed by atoms with Crippen LogP contribution in [-0.4, -0.2) is 42.1 Å². The molecule has 4 aliphatic rings. The molecule has 0 spiro atoms. The number of hydrogen-bond donors (Lipinski definition) is 1. The molecule has 0 heterocycles. The van der Waals surface area contributed by atoms with Crippen molar-refractivity contribution >= 4 is 23.7 Å². The molecule has 4 fully saturated rings. The predicted molar refractivity (Wildman–Crippen MR) is 143 cm³/mol. The maximum Gasteiger partial charge on any atom is 0.509 e. The molecule has 0 aromatic heterocycles. The number of ether oxygens (including phenoxy) is 3. The van der Waals surface area contributed by atoms with Crippen LogP contribution in [0.2, 0.25) is 0 Å². The van der Waals surface area contributed by atoms with Crippen LogP contribution in [0.3, 0.4) is 0 Å². The molecule has 0 amide bonds. The van der Waals surface area contributed by atoms with E-state index in [1.54, 1.807) is 0 Å². The van der Waals surface area contributed by atoms with E-state index in [4.69, 9.17) is 25.8 Å². The Bertz CT molecular complexity index is 805. The van der Waals surface area contributed by atoms with Crippen molar-refractivity contribution in [2.24, 2.45) is 46.3 Å². The molecule has 4 unspecified atom stereocenters. The quantitative estimate of drug-likeness (QED) is 0.191. The minimum Gasteiger partial charge on any atom is -0.466 e. The van der Waals surface area contributed by atoms with Crippen LogP contribution in [0.5, 0.6) is 0 Å². The topological polar surface area (TPSA) is 82.1 Å². The van der Waals surface area contributed by atoms with E-state index < -0.39 is 6.16 Å². The lowest BCUT2D eigenvalue weighted by Gasteiger charge is -2.62. The van der Waals surface area contributed by atoms with Crippen LogP contribution < -0.4 is 0 Å². The van der Waals surface area contributed by atoms with Crippen molar-refractivity contribution in [1.29, 1.82) is 0 Å². The van der Waals surface area contributed by atoms with Gasteiger partial charge < -0.3 is 19.3 Å². The molecule has 10 atom stereocenters. The summed E-state index contributed by atoms with van der Waals surface area (Å²) in [4.78, 5) is 24.0. The van der Waals surface area contributed by atoms with Crippen molar-refractivity contribution < 1.29 is 28.9 Å². The number of aliphatic hydroxyl groups excluding tert-OH is 1. The van der Waals surface area contributed by atoms with Gasteiger partial charge in [-0.2, -0.15) is 0 Å². The number of aliphatic hydroxyl groups is 1. The molecule has 0 aromatic rings. The minimum absolute atomic E-state index is 0.0778. The lowest BCUT2D eigenvalue weighted by atomic mass is 9.43. The van der Waals surface area contributed by atoms with E-state index in [1.807, 2.05) is 0 Å². The summed E-state index contributed by atoms with van der Waals surface area (Å²) in [5.74, 6) is 2.96. The van der Waals surface area contributed by atoms with Crippen LogP contribution >= 0.6 is 11.6 Å². The third-order valence-corrected chi connectivity index (χ3v) is 11.6. The fourth-order valence-corrected chi connectivity index (χ4v) is 9.50. The van der Waals surface area contributed by atoms with E-state index >= 15 is 0 Å². The molecular weight excluding hydrogens is 492 g/mol. The van der Waals surface area contributed by atoms with Gasteiger partial charge in [0.1, 0.15) is 6.10 Å². The van der Waals surface area contributed by atoms with Gasteiger partial charge in [0.05, 0.1) is 12.7 Å². The Labute approximate surface area is 228 Å². The van der Waals surface area contributed by atoms with Crippen LogP contribution in [0, 0.1) is 46.3 Å². The summed E-state index contributed by atoms with van der Waals surface area (Å²) in [6.45, 7) is 9.70. The van der Waals surface area contributed by atoms with E-state index in [2.05, 4.69) is 27.7 Å². The fraction of sp³-hybridized carbons (Fsp3) is 0.933. The van der Waals surface area contributed by atoms with Crippen molar-refractivity contribution in [3.05, 3.63) is 0 Å². The molecule has 0 aromatic carbocycles. The third-order valence-electron chi connectivity index (χ3n) is 11.5. The van der Waals surface area contributed by atoms with E-state index in [-0.39, 0.29) is 35.1 Å². The first kappa shape index (κ1) is 29.0. The molecule has 7 heteroatoms. The Morgan fingerprint density at radius 2 is 1.84 bits per heavy atom. The Hall–Kier alpha value is -1.01. The number of esters is 1. The van der Waals surface area contributed by atoms with Gasteiger partial charge in [-0.25, -0.2) is 4.79 Å². The summed E-state index contributed by atoms with van der Waals surface area (Å²) in [7, 11) is 0. The molecule has 4 rings (SSSR count). The number of carbonyl (C=O) groups excluding carboxylic acids is 2. The maximum atomic E-state index is 12.2. The molecular formula is C30H49ClO6. The smallest absolute Gasteiger partial charge is 0.466 e. The molecule has 0 saturated heterocycles. The first-order valence-electron chi connectivity index (χ1n) is 14.9. The van der Waals surface area contributed by atoms with Gasteiger partial charge in [0.15, 0.2) is 6.07 Å². The lowest BCUT2D eigenvalue weighted by molar-refractivity contribution is -0.176. The van der Waals surface area contributed by atoms with E-state index in [0.717, 1.165) is 57.8 Å². The highest BCUT2D eigenvalue weighted by molar-refractivity contribution is 6.17. The monoisotopic (exact) mass is 540 g/mol. The van der Waals surface area contributed by atoms with Crippen LogP contribution in [0.4, 0.5) is 4.79 Å². The summed E-state index contributed by atoms with van der Waals surface area (Å²) < 4.78 is 15.7. The summed E-state index contributed by atoms with van der Waals surface area (Å²) in [5, 5.41) is 11.8. The highest BCUT2D eigenvalue weighted by Gasteiger charge is 2.63. The highest BCUT2D eigenvalue weighted by Crippen LogP contribution is 2.68. The maximum absolute atomic E-state index is 12.2. The highest BCUT2D eigenvalue weighted by atomic mass is 35.5. The predicted octanol–water partition coefficient (Wildman–Crippen LogP) is 7.09. The van der Waals surface area contributed by atoms with Crippen molar-refractivity contribution in [2.75, 3.05) is 12.7 Å². The van der Waals surface area contributed by atoms with Gasteiger partial charge in [-0.15, -0.1) is 0 Å². The van der Waals surface area contributed by atoms with E-state index in [0.29, 0.717) is 48.5 Å². The number of hydrogen-bond acceptors (Lipinski definition) is 6. The van der Waals surface area contributed by atoms with Gasteiger partial charge in [-0.1, -0.05) is 45.7 Å². The Morgan fingerprint density at radius 1 is 1.05 bits per heavy atom. The summed E-state index contributed by atoms with van der Waals surface area (Å²) in [5.41, 5.74) is 0.0922. The summed E-state index contributed by atoms with van der Waals surface area (Å²) >= 11 is 5.51. The zero-order valence-electron chi connectivity index (χ0n) is 23.4. The Morgan fingerprint density at radius 3 is 2.57 bits per heavy atom. The van der Waals surface area contributed by atoms with Gasteiger partial charge in [-0.05, 0) is 111 Å².